The number of hydrogen-bond acceptors (Lipinski definition) is 6. The molecule has 172 valence electrons. The zero-order valence-corrected chi connectivity index (χ0v) is 21.0. The van der Waals surface area contributed by atoms with Crippen molar-refractivity contribution in [1.82, 2.24) is 20.5 Å². The highest BCUT2D eigenvalue weighted by Gasteiger charge is 2.09. The van der Waals surface area contributed by atoms with Crippen LogP contribution in [-0.4, -0.2) is 48.5 Å². The van der Waals surface area contributed by atoms with E-state index in [9.17, 15) is 0 Å². The summed E-state index contributed by atoms with van der Waals surface area (Å²) in [5, 5.41) is 13.7. The fourth-order valence-corrected chi connectivity index (χ4v) is 2.86. The number of nitrogens with one attached hydrogen (secondary N) is 3. The Balaban J connectivity index is 0.00000363. The second-order valence-electron chi connectivity index (χ2n) is 6.45. The van der Waals surface area contributed by atoms with Gasteiger partial charge in [0.15, 0.2) is 23.3 Å². The van der Waals surface area contributed by atoms with Gasteiger partial charge in [-0.15, -0.1) is 24.0 Å². The van der Waals surface area contributed by atoms with Gasteiger partial charge in [0.1, 0.15) is 18.1 Å². The van der Waals surface area contributed by atoms with Gasteiger partial charge in [0.05, 0.1) is 20.8 Å². The number of methoxy groups -OCH3 is 2. The van der Waals surface area contributed by atoms with Crippen LogP contribution in [0.3, 0.4) is 0 Å². The normalized spacial score (nSPS) is 10.8. The van der Waals surface area contributed by atoms with Crippen LogP contribution in [0.2, 0.25) is 0 Å². The quantitative estimate of drug-likeness (QED) is 0.209. The Morgan fingerprint density at radius 1 is 1.03 bits per heavy atom. The average molecular weight is 552 g/mol. The van der Waals surface area contributed by atoms with E-state index in [1.165, 1.54) is 0 Å². The third-order valence-electron chi connectivity index (χ3n) is 4.34. The molecule has 0 aliphatic carbocycles. The van der Waals surface area contributed by atoms with Crippen LogP contribution in [0.25, 0.3) is 11.4 Å². The third kappa shape index (κ3) is 6.74. The van der Waals surface area contributed by atoms with E-state index < -0.39 is 0 Å². The van der Waals surface area contributed by atoms with Gasteiger partial charge >= 0.3 is 0 Å². The van der Waals surface area contributed by atoms with Crippen LogP contribution in [0, 0.1) is 0 Å². The maximum atomic E-state index is 5.64. The Hall–Kier alpha value is -3.02. The summed E-state index contributed by atoms with van der Waals surface area (Å²) in [6.45, 7) is 5.55. The molecule has 0 aliphatic heterocycles. The smallest absolute Gasteiger partial charge is 0.196 e. The molecule has 0 saturated carbocycles. The van der Waals surface area contributed by atoms with Gasteiger partial charge in [0.25, 0.3) is 0 Å². The molecule has 32 heavy (non-hydrogen) atoms. The number of benzene rings is 2. The van der Waals surface area contributed by atoms with Crippen molar-refractivity contribution >= 4 is 35.6 Å². The van der Waals surface area contributed by atoms with Crippen molar-refractivity contribution in [2.75, 3.05) is 32.7 Å². The summed E-state index contributed by atoms with van der Waals surface area (Å²) < 4.78 is 16.2. The van der Waals surface area contributed by atoms with E-state index in [0.717, 1.165) is 17.0 Å². The van der Waals surface area contributed by atoms with Gasteiger partial charge in [-0.2, -0.15) is 5.10 Å². The lowest BCUT2D eigenvalue weighted by Crippen LogP contribution is -2.30. The molecule has 0 aliphatic rings. The van der Waals surface area contributed by atoms with Crippen LogP contribution in [0.15, 0.2) is 47.5 Å². The van der Waals surface area contributed by atoms with Crippen LogP contribution >= 0.6 is 24.0 Å². The lowest BCUT2D eigenvalue weighted by molar-refractivity contribution is 0.311. The Morgan fingerprint density at radius 2 is 1.81 bits per heavy atom. The number of rotatable bonds is 9. The minimum atomic E-state index is 0. The number of hydrogen-bond donors (Lipinski definition) is 3. The molecule has 0 fully saturated rings. The molecule has 10 heteroatoms. The number of nitrogens with zero attached hydrogens (tertiary/aromatic N) is 3. The standard InChI is InChI=1S/C22H28N6O3.HI/c1-5-23-22(25-16-9-12-18(30-4)19(13-16)31-6-2)24-14-20-26-21(28-27-20)15-7-10-17(29-3)11-8-15;/h7-13H,5-6,14H2,1-4H3,(H2,23,24,25)(H,26,27,28);1H. The van der Waals surface area contributed by atoms with Crippen molar-refractivity contribution in [3.8, 4) is 28.6 Å². The van der Waals surface area contributed by atoms with Crippen LogP contribution in [0.4, 0.5) is 5.69 Å². The summed E-state index contributed by atoms with van der Waals surface area (Å²) in [4.78, 5) is 9.13. The average Bonchev–Trinajstić information content (AvgIpc) is 3.27. The van der Waals surface area contributed by atoms with Crippen LogP contribution in [0.5, 0.6) is 17.2 Å². The minimum Gasteiger partial charge on any atom is -0.497 e. The second kappa shape index (κ2) is 12.7. The number of guanidine groups is 1. The molecule has 1 aromatic heterocycles. The van der Waals surface area contributed by atoms with Crippen molar-refractivity contribution < 1.29 is 14.2 Å². The molecule has 9 nitrogen and oxygen atoms in total. The van der Waals surface area contributed by atoms with Gasteiger partial charge < -0.3 is 24.8 Å². The van der Waals surface area contributed by atoms with E-state index in [1.54, 1.807) is 14.2 Å². The zero-order chi connectivity index (χ0) is 22.1. The number of aliphatic imine (C=N–C) groups is 1. The molecule has 2 aromatic carbocycles. The summed E-state index contributed by atoms with van der Waals surface area (Å²) in [5.41, 5.74) is 1.74. The van der Waals surface area contributed by atoms with Crippen LogP contribution in [-0.2, 0) is 6.54 Å². The Labute approximate surface area is 205 Å². The van der Waals surface area contributed by atoms with Crippen molar-refractivity contribution in [1.29, 1.82) is 0 Å². The zero-order valence-electron chi connectivity index (χ0n) is 18.6. The van der Waals surface area contributed by atoms with Crippen molar-refractivity contribution in [3.05, 3.63) is 48.3 Å². The summed E-state index contributed by atoms with van der Waals surface area (Å²) >= 11 is 0. The van der Waals surface area contributed by atoms with Crippen LogP contribution < -0.4 is 24.8 Å². The summed E-state index contributed by atoms with van der Waals surface area (Å²) in [5.74, 6) is 4.04. The highest BCUT2D eigenvalue weighted by Crippen LogP contribution is 2.30. The molecule has 0 bridgehead atoms. The molecule has 0 saturated heterocycles. The first-order valence-electron chi connectivity index (χ1n) is 10.1. The SMILES string of the molecule is CCNC(=NCc1nc(-c2ccc(OC)cc2)n[nH]1)Nc1ccc(OC)c(OCC)c1.I. The maximum Gasteiger partial charge on any atom is 0.196 e. The van der Waals surface area contributed by atoms with E-state index >= 15 is 0 Å². The van der Waals surface area contributed by atoms with Gasteiger partial charge in [-0.1, -0.05) is 0 Å². The van der Waals surface area contributed by atoms with Gasteiger partial charge in [0, 0.05) is 23.9 Å². The lowest BCUT2D eigenvalue weighted by atomic mass is 10.2. The monoisotopic (exact) mass is 552 g/mol. The molecular weight excluding hydrogens is 523 g/mol. The van der Waals surface area contributed by atoms with E-state index in [0.29, 0.717) is 48.8 Å². The largest absolute Gasteiger partial charge is 0.497 e. The third-order valence-corrected chi connectivity index (χ3v) is 4.34. The van der Waals surface area contributed by atoms with Crippen molar-refractivity contribution in [2.24, 2.45) is 4.99 Å². The Kier molecular flexibility index (Phi) is 10.1. The first kappa shape index (κ1) is 25.2. The van der Waals surface area contributed by atoms with E-state index in [-0.39, 0.29) is 24.0 Å². The van der Waals surface area contributed by atoms with Gasteiger partial charge in [-0.3, -0.25) is 5.10 Å². The predicted octanol–water partition coefficient (Wildman–Crippen LogP) is 4.08. The molecule has 1 heterocycles. The fourth-order valence-electron chi connectivity index (χ4n) is 2.86. The van der Waals surface area contributed by atoms with Crippen LogP contribution in [0.1, 0.15) is 19.7 Å². The summed E-state index contributed by atoms with van der Waals surface area (Å²) in [6.07, 6.45) is 0. The van der Waals surface area contributed by atoms with Crippen molar-refractivity contribution in [3.63, 3.8) is 0 Å². The first-order valence-corrected chi connectivity index (χ1v) is 10.1. The molecule has 3 aromatic rings. The molecular formula is C22H29IN6O3. The Morgan fingerprint density at radius 3 is 2.47 bits per heavy atom. The lowest BCUT2D eigenvalue weighted by Gasteiger charge is -2.14. The first-order chi connectivity index (χ1) is 15.2. The van der Waals surface area contributed by atoms with Gasteiger partial charge in [0.2, 0.25) is 0 Å². The molecule has 0 unspecified atom stereocenters. The maximum absolute atomic E-state index is 5.64. The number of halogens is 1. The topological polar surface area (TPSA) is 106 Å². The molecule has 3 rings (SSSR count). The second-order valence-corrected chi connectivity index (χ2v) is 6.45. The molecule has 3 N–H and O–H groups in total. The number of aromatic amines is 1. The Bertz CT molecular complexity index is 1010. The molecule has 0 amide bonds. The number of H-pyrrole nitrogens is 1. The van der Waals surface area contributed by atoms with E-state index in [2.05, 4.69) is 30.8 Å². The van der Waals surface area contributed by atoms with Gasteiger partial charge in [-0.05, 0) is 50.2 Å². The summed E-state index contributed by atoms with van der Waals surface area (Å²) in [6, 6.07) is 13.2. The van der Waals surface area contributed by atoms with E-state index in [1.807, 2.05) is 56.3 Å². The van der Waals surface area contributed by atoms with E-state index in [4.69, 9.17) is 14.2 Å². The number of aromatic nitrogens is 3. The number of anilines is 1. The highest BCUT2D eigenvalue weighted by atomic mass is 127. The van der Waals surface area contributed by atoms with Crippen molar-refractivity contribution in [2.45, 2.75) is 20.4 Å². The van der Waals surface area contributed by atoms with Gasteiger partial charge in [-0.25, -0.2) is 9.98 Å². The molecule has 0 radical (unpaired) electrons. The fraction of sp³-hybridized carbons (Fsp3) is 0.318. The minimum absolute atomic E-state index is 0. The highest BCUT2D eigenvalue weighted by molar-refractivity contribution is 14.0. The molecule has 0 spiro atoms. The predicted molar refractivity (Wildman–Crippen MR) is 136 cm³/mol. The molecule has 0 atom stereocenters. The number of ether oxygens (including phenoxy) is 3. The summed E-state index contributed by atoms with van der Waals surface area (Å²) in [7, 11) is 3.26.